The van der Waals surface area contributed by atoms with E-state index in [1.54, 1.807) is 6.07 Å². The van der Waals surface area contributed by atoms with Crippen LogP contribution in [0.3, 0.4) is 0 Å². The fraction of sp³-hybridized carbons (Fsp3) is 0.667. The van der Waals surface area contributed by atoms with Crippen LogP contribution in [-0.2, 0) is 6.42 Å². The Morgan fingerprint density at radius 1 is 1.26 bits per heavy atom. The average molecular weight is 260 g/mol. The molecule has 0 aromatic heterocycles. The number of aromatic hydroxyl groups is 1. The number of hydrogen-bond donors (Lipinski definition) is 1. The van der Waals surface area contributed by atoms with Gasteiger partial charge in [0.15, 0.2) is 0 Å². The molecule has 3 atom stereocenters. The molecule has 1 fully saturated rings. The SMILES string of the molecule is CC(C)[C@@H]1CC[C@@H](C)C[C@H]1CCc1cccc(O)c1. The standard InChI is InChI=1S/C18H28O/c1-13(2)18-10-7-14(3)11-16(18)9-8-15-5-4-6-17(19)12-15/h4-6,12-14,16,18-19H,7-11H2,1-3H3/t14-,16-,18+/m1/s1. The van der Waals surface area contributed by atoms with Gasteiger partial charge in [0.1, 0.15) is 5.75 Å². The predicted molar refractivity (Wildman–Crippen MR) is 81.3 cm³/mol. The van der Waals surface area contributed by atoms with Gasteiger partial charge in [-0.1, -0.05) is 39.3 Å². The molecule has 1 aromatic rings. The summed E-state index contributed by atoms with van der Waals surface area (Å²) < 4.78 is 0. The molecule has 1 aliphatic carbocycles. The van der Waals surface area contributed by atoms with Crippen molar-refractivity contribution >= 4 is 0 Å². The molecule has 0 bridgehead atoms. The quantitative estimate of drug-likeness (QED) is 0.804. The van der Waals surface area contributed by atoms with Gasteiger partial charge in [-0.3, -0.25) is 0 Å². The lowest BCUT2D eigenvalue weighted by Gasteiger charge is -2.37. The summed E-state index contributed by atoms with van der Waals surface area (Å²) in [6.45, 7) is 7.15. The third-order valence-electron chi connectivity index (χ3n) is 4.87. The molecule has 0 amide bonds. The lowest BCUT2D eigenvalue weighted by Crippen LogP contribution is -2.28. The first-order chi connectivity index (χ1) is 9.06. The Bertz CT molecular complexity index is 396. The molecule has 1 N–H and O–H groups in total. The van der Waals surface area contributed by atoms with Crippen LogP contribution >= 0.6 is 0 Å². The Morgan fingerprint density at radius 3 is 2.74 bits per heavy atom. The van der Waals surface area contributed by atoms with Crippen molar-refractivity contribution in [1.29, 1.82) is 0 Å². The highest BCUT2D eigenvalue weighted by Crippen LogP contribution is 2.40. The van der Waals surface area contributed by atoms with E-state index in [1.807, 2.05) is 12.1 Å². The lowest BCUT2D eigenvalue weighted by molar-refractivity contribution is 0.136. The summed E-state index contributed by atoms with van der Waals surface area (Å²) in [5, 5.41) is 9.53. The number of hydrogen-bond acceptors (Lipinski definition) is 1. The summed E-state index contributed by atoms with van der Waals surface area (Å²) in [6.07, 6.45) is 6.59. The number of rotatable bonds is 4. The minimum atomic E-state index is 0.398. The Kier molecular flexibility index (Phi) is 4.90. The van der Waals surface area contributed by atoms with Gasteiger partial charge in [0.05, 0.1) is 0 Å². The first kappa shape index (κ1) is 14.4. The monoisotopic (exact) mass is 260 g/mol. The lowest BCUT2D eigenvalue weighted by atomic mass is 9.68. The molecule has 0 unspecified atom stereocenters. The fourth-order valence-corrected chi connectivity index (χ4v) is 3.80. The highest BCUT2D eigenvalue weighted by molar-refractivity contribution is 5.27. The second-order valence-electron chi connectivity index (χ2n) is 6.79. The van der Waals surface area contributed by atoms with Crippen molar-refractivity contribution in [3.8, 4) is 5.75 Å². The van der Waals surface area contributed by atoms with Crippen molar-refractivity contribution in [1.82, 2.24) is 0 Å². The summed E-state index contributed by atoms with van der Waals surface area (Å²) in [6, 6.07) is 7.75. The van der Waals surface area contributed by atoms with Crippen molar-refractivity contribution in [2.45, 2.75) is 52.9 Å². The highest BCUT2D eigenvalue weighted by Gasteiger charge is 2.30. The highest BCUT2D eigenvalue weighted by atomic mass is 16.3. The summed E-state index contributed by atoms with van der Waals surface area (Å²) in [7, 11) is 0. The molecule has 0 aliphatic heterocycles. The van der Waals surface area contributed by atoms with Gasteiger partial charge in [0, 0.05) is 0 Å². The van der Waals surface area contributed by atoms with E-state index in [0.717, 1.165) is 30.1 Å². The van der Waals surface area contributed by atoms with Gasteiger partial charge < -0.3 is 5.11 Å². The molecular formula is C18H28O. The molecule has 1 heteroatoms. The second kappa shape index (κ2) is 6.45. The first-order valence-corrected chi connectivity index (χ1v) is 7.84. The normalized spacial score (nSPS) is 27.7. The molecule has 0 spiro atoms. The molecule has 2 rings (SSSR count). The first-order valence-electron chi connectivity index (χ1n) is 7.84. The zero-order chi connectivity index (χ0) is 13.8. The minimum Gasteiger partial charge on any atom is -0.508 e. The molecule has 19 heavy (non-hydrogen) atoms. The van der Waals surface area contributed by atoms with Crippen LogP contribution in [0.25, 0.3) is 0 Å². The molecule has 1 aliphatic rings. The van der Waals surface area contributed by atoms with E-state index < -0.39 is 0 Å². The maximum Gasteiger partial charge on any atom is 0.115 e. The Balaban J connectivity index is 1.95. The molecule has 1 aromatic carbocycles. The maximum atomic E-state index is 9.53. The van der Waals surface area contributed by atoms with Crippen LogP contribution in [0, 0.1) is 23.7 Å². The zero-order valence-corrected chi connectivity index (χ0v) is 12.6. The summed E-state index contributed by atoms with van der Waals surface area (Å²) in [4.78, 5) is 0. The molecule has 0 saturated heterocycles. The molecule has 1 nitrogen and oxygen atoms in total. The zero-order valence-electron chi connectivity index (χ0n) is 12.6. The summed E-state index contributed by atoms with van der Waals surface area (Å²) >= 11 is 0. The van der Waals surface area contributed by atoms with Crippen molar-refractivity contribution in [3.63, 3.8) is 0 Å². The second-order valence-corrected chi connectivity index (χ2v) is 6.79. The summed E-state index contributed by atoms with van der Waals surface area (Å²) in [5.74, 6) is 3.86. The van der Waals surface area contributed by atoms with E-state index in [-0.39, 0.29) is 0 Å². The number of phenols is 1. The van der Waals surface area contributed by atoms with Gasteiger partial charge in [-0.05, 0) is 67.1 Å². The molecule has 1 saturated carbocycles. The van der Waals surface area contributed by atoms with Crippen molar-refractivity contribution in [2.24, 2.45) is 23.7 Å². The van der Waals surface area contributed by atoms with E-state index in [9.17, 15) is 5.11 Å². The van der Waals surface area contributed by atoms with E-state index in [1.165, 1.54) is 31.2 Å². The largest absolute Gasteiger partial charge is 0.508 e. The van der Waals surface area contributed by atoms with Crippen LogP contribution in [0.4, 0.5) is 0 Å². The van der Waals surface area contributed by atoms with Crippen LogP contribution in [0.2, 0.25) is 0 Å². The minimum absolute atomic E-state index is 0.398. The Labute approximate surface area is 118 Å². The van der Waals surface area contributed by atoms with Crippen LogP contribution in [0.15, 0.2) is 24.3 Å². The third-order valence-corrected chi connectivity index (χ3v) is 4.87. The Hall–Kier alpha value is -0.980. The average Bonchev–Trinajstić information content (AvgIpc) is 2.36. The predicted octanol–water partition coefficient (Wildman–Crippen LogP) is 5.03. The van der Waals surface area contributed by atoms with Crippen molar-refractivity contribution < 1.29 is 5.11 Å². The van der Waals surface area contributed by atoms with Crippen LogP contribution in [-0.4, -0.2) is 5.11 Å². The summed E-state index contributed by atoms with van der Waals surface area (Å²) in [5.41, 5.74) is 1.28. The number of benzene rings is 1. The molecule has 0 radical (unpaired) electrons. The van der Waals surface area contributed by atoms with Gasteiger partial charge in [0.25, 0.3) is 0 Å². The van der Waals surface area contributed by atoms with E-state index >= 15 is 0 Å². The number of phenolic OH excluding ortho intramolecular Hbond substituents is 1. The van der Waals surface area contributed by atoms with Crippen LogP contribution in [0.5, 0.6) is 5.75 Å². The van der Waals surface area contributed by atoms with E-state index in [0.29, 0.717) is 5.75 Å². The van der Waals surface area contributed by atoms with Crippen molar-refractivity contribution in [2.75, 3.05) is 0 Å². The van der Waals surface area contributed by atoms with Crippen LogP contribution < -0.4 is 0 Å². The van der Waals surface area contributed by atoms with E-state index in [2.05, 4.69) is 26.8 Å². The van der Waals surface area contributed by atoms with Gasteiger partial charge >= 0.3 is 0 Å². The smallest absolute Gasteiger partial charge is 0.115 e. The molecule has 0 heterocycles. The third kappa shape index (κ3) is 3.99. The molecular weight excluding hydrogens is 232 g/mol. The number of aryl methyl sites for hydroxylation is 1. The van der Waals surface area contributed by atoms with Crippen LogP contribution in [0.1, 0.15) is 52.0 Å². The topological polar surface area (TPSA) is 20.2 Å². The van der Waals surface area contributed by atoms with Gasteiger partial charge in [0.2, 0.25) is 0 Å². The fourth-order valence-electron chi connectivity index (χ4n) is 3.80. The molecule has 106 valence electrons. The van der Waals surface area contributed by atoms with E-state index in [4.69, 9.17) is 0 Å². The van der Waals surface area contributed by atoms with Gasteiger partial charge in [-0.15, -0.1) is 0 Å². The van der Waals surface area contributed by atoms with Crippen molar-refractivity contribution in [3.05, 3.63) is 29.8 Å². The van der Waals surface area contributed by atoms with Gasteiger partial charge in [-0.25, -0.2) is 0 Å². The van der Waals surface area contributed by atoms with Gasteiger partial charge in [-0.2, -0.15) is 0 Å². The Morgan fingerprint density at radius 2 is 2.05 bits per heavy atom. The maximum absolute atomic E-state index is 9.53.